The van der Waals surface area contributed by atoms with Gasteiger partial charge in [-0.25, -0.2) is 14.6 Å². The number of rotatable bonds is 3. The van der Waals surface area contributed by atoms with Gasteiger partial charge in [-0.3, -0.25) is 9.69 Å². The monoisotopic (exact) mass is 454 g/mol. The fourth-order valence-corrected chi connectivity index (χ4v) is 4.18. The summed E-state index contributed by atoms with van der Waals surface area (Å²) in [6.45, 7) is 5.29. The van der Waals surface area contributed by atoms with Gasteiger partial charge in [0.05, 0.1) is 26.3 Å². The molecule has 1 aromatic carbocycles. The highest BCUT2D eigenvalue weighted by Gasteiger charge is 2.52. The molecule has 0 bridgehead atoms. The molecule has 0 aliphatic carbocycles. The Hall–Kier alpha value is -3.62. The molecule has 1 saturated heterocycles. The molecular formula is C24H26N2O7. The lowest BCUT2D eigenvalue weighted by atomic mass is 9.93. The van der Waals surface area contributed by atoms with Crippen LogP contribution in [0.25, 0.3) is 17.0 Å². The molecule has 9 nitrogen and oxygen atoms in total. The average Bonchev–Trinajstić information content (AvgIpc) is 3.15. The summed E-state index contributed by atoms with van der Waals surface area (Å²) >= 11 is 0. The Labute approximate surface area is 191 Å². The third-order valence-corrected chi connectivity index (χ3v) is 5.64. The Bertz CT molecular complexity index is 1170. The first-order valence-corrected chi connectivity index (χ1v) is 10.5. The number of amides is 1. The number of fused-ring (bicyclic) bond motifs is 3. The highest BCUT2D eigenvalue weighted by Crippen LogP contribution is 2.43. The van der Waals surface area contributed by atoms with Crippen LogP contribution in [0.2, 0.25) is 0 Å². The smallest absolute Gasteiger partial charge is 0.411 e. The second-order valence-corrected chi connectivity index (χ2v) is 9.09. The minimum atomic E-state index is -1.05. The van der Waals surface area contributed by atoms with E-state index in [0.29, 0.717) is 28.9 Å². The van der Waals surface area contributed by atoms with Crippen LogP contribution < -0.4 is 9.47 Å². The van der Waals surface area contributed by atoms with E-state index in [0.717, 1.165) is 5.39 Å². The Morgan fingerprint density at radius 2 is 2.03 bits per heavy atom. The molecule has 174 valence electrons. The van der Waals surface area contributed by atoms with Crippen molar-refractivity contribution in [1.29, 1.82) is 0 Å². The van der Waals surface area contributed by atoms with Crippen molar-refractivity contribution in [3.8, 4) is 11.5 Å². The summed E-state index contributed by atoms with van der Waals surface area (Å²) in [5.74, 6) is 0.363. The molecule has 1 amide bonds. The number of pyridine rings is 1. The first-order valence-electron chi connectivity index (χ1n) is 10.5. The van der Waals surface area contributed by atoms with Crippen molar-refractivity contribution in [2.45, 2.75) is 44.4 Å². The number of methoxy groups -OCH3 is 2. The summed E-state index contributed by atoms with van der Waals surface area (Å²) in [6.07, 6.45) is 3.78. The summed E-state index contributed by atoms with van der Waals surface area (Å²) < 4.78 is 22.1. The van der Waals surface area contributed by atoms with Gasteiger partial charge in [-0.15, -0.1) is 0 Å². The Morgan fingerprint density at radius 1 is 1.27 bits per heavy atom. The molecule has 2 atom stereocenters. The number of hydrogen-bond acceptors (Lipinski definition) is 8. The van der Waals surface area contributed by atoms with E-state index in [1.807, 2.05) is 18.2 Å². The summed E-state index contributed by atoms with van der Waals surface area (Å²) in [5.41, 5.74) is -0.353. The van der Waals surface area contributed by atoms with Crippen molar-refractivity contribution in [2.75, 3.05) is 20.8 Å². The van der Waals surface area contributed by atoms with Crippen LogP contribution >= 0.6 is 0 Å². The van der Waals surface area contributed by atoms with Crippen LogP contribution in [0.1, 0.15) is 43.2 Å². The number of aromatic nitrogens is 1. The van der Waals surface area contributed by atoms with Crippen molar-refractivity contribution < 1.29 is 33.3 Å². The fraction of sp³-hybridized carbons (Fsp3) is 0.417. The minimum absolute atomic E-state index is 0.0477. The molecule has 2 aliphatic rings. The Kier molecular flexibility index (Phi) is 5.51. The molecule has 1 spiro atoms. The van der Waals surface area contributed by atoms with Crippen molar-refractivity contribution in [3.05, 3.63) is 35.5 Å². The van der Waals surface area contributed by atoms with Gasteiger partial charge in [0.25, 0.3) is 0 Å². The number of nitrogens with zero attached hydrogens (tertiary/aromatic N) is 2. The predicted molar refractivity (Wildman–Crippen MR) is 119 cm³/mol. The van der Waals surface area contributed by atoms with Crippen molar-refractivity contribution in [2.24, 2.45) is 0 Å². The third kappa shape index (κ3) is 4.10. The van der Waals surface area contributed by atoms with E-state index in [1.54, 1.807) is 40.0 Å². The highest BCUT2D eigenvalue weighted by atomic mass is 16.6. The molecule has 2 aliphatic heterocycles. The third-order valence-electron chi connectivity index (χ3n) is 5.64. The quantitative estimate of drug-likeness (QED) is 0.514. The van der Waals surface area contributed by atoms with Gasteiger partial charge in [0.1, 0.15) is 28.7 Å². The highest BCUT2D eigenvalue weighted by molar-refractivity contribution is 5.97. The van der Waals surface area contributed by atoms with E-state index < -0.39 is 29.3 Å². The molecule has 1 fully saturated rings. The predicted octanol–water partition coefficient (Wildman–Crippen LogP) is 3.38. The van der Waals surface area contributed by atoms with Crippen LogP contribution in [0, 0.1) is 0 Å². The number of carbonyl (C=O) groups excluding carboxylic acids is 3. The molecule has 4 rings (SSSR count). The zero-order chi connectivity index (χ0) is 24.0. The maximum Gasteiger partial charge on any atom is 0.411 e. The number of benzene rings is 1. The van der Waals surface area contributed by atoms with Crippen LogP contribution in [0.4, 0.5) is 4.79 Å². The molecule has 1 aromatic heterocycles. The number of aldehydes is 1. The Morgan fingerprint density at radius 3 is 2.67 bits per heavy atom. The van der Waals surface area contributed by atoms with Gasteiger partial charge in [-0.2, -0.15) is 0 Å². The molecule has 0 saturated carbocycles. The van der Waals surface area contributed by atoms with Gasteiger partial charge in [0.2, 0.25) is 0 Å². The van der Waals surface area contributed by atoms with Gasteiger partial charge < -0.3 is 18.9 Å². The largest absolute Gasteiger partial charge is 0.497 e. The topological polar surface area (TPSA) is 104 Å². The average molecular weight is 454 g/mol. The second-order valence-electron chi connectivity index (χ2n) is 9.09. The number of likely N-dealkylation sites (tertiary alicyclic amines) is 1. The summed E-state index contributed by atoms with van der Waals surface area (Å²) in [4.78, 5) is 43.0. The maximum absolute atomic E-state index is 12.9. The van der Waals surface area contributed by atoms with Crippen LogP contribution in [0.3, 0.4) is 0 Å². The van der Waals surface area contributed by atoms with Crippen LogP contribution in [0.15, 0.2) is 24.3 Å². The molecule has 3 heterocycles. The molecule has 0 radical (unpaired) electrons. The normalized spacial score (nSPS) is 21.5. The molecule has 2 aromatic rings. The maximum atomic E-state index is 12.9. The number of hydrogen-bond donors (Lipinski definition) is 0. The van der Waals surface area contributed by atoms with Gasteiger partial charge >= 0.3 is 12.1 Å². The molecule has 33 heavy (non-hydrogen) atoms. The second kappa shape index (κ2) is 8.06. The van der Waals surface area contributed by atoms with Gasteiger partial charge in [0, 0.05) is 17.4 Å². The molecule has 0 N–H and O–H groups in total. The molecular weight excluding hydrogens is 428 g/mol. The minimum Gasteiger partial charge on any atom is -0.497 e. The summed E-state index contributed by atoms with van der Waals surface area (Å²) in [5, 5.41) is 0.757. The van der Waals surface area contributed by atoms with Crippen molar-refractivity contribution in [3.63, 3.8) is 0 Å². The number of esters is 1. The standard InChI is InChI=1S/C24H26N2O7/c1-23(2,3)33-22(29)26-13-24(11-19(26)21(28)31-5)9-8-15-16-10-14(30-4)6-7-17(16)25-18(12-27)20(15)32-24/h6-10,12,19H,11,13H2,1-5H3/t19?,24-/m1/s1. The van der Waals surface area contributed by atoms with Crippen LogP contribution in [-0.4, -0.2) is 66.2 Å². The first-order chi connectivity index (χ1) is 15.6. The van der Waals surface area contributed by atoms with Crippen LogP contribution in [0.5, 0.6) is 11.5 Å². The van der Waals surface area contributed by atoms with Gasteiger partial charge in [0.15, 0.2) is 12.0 Å². The van der Waals surface area contributed by atoms with E-state index in [9.17, 15) is 14.4 Å². The molecule has 9 heteroatoms. The lowest BCUT2D eigenvalue weighted by Gasteiger charge is -2.32. The fourth-order valence-electron chi connectivity index (χ4n) is 4.18. The lowest BCUT2D eigenvalue weighted by molar-refractivity contribution is -0.145. The van der Waals surface area contributed by atoms with E-state index >= 15 is 0 Å². The summed E-state index contributed by atoms with van der Waals surface area (Å²) in [7, 11) is 2.83. The summed E-state index contributed by atoms with van der Waals surface area (Å²) in [6, 6.07) is 4.46. The zero-order valence-electron chi connectivity index (χ0n) is 19.2. The van der Waals surface area contributed by atoms with Crippen LogP contribution in [-0.2, 0) is 14.3 Å². The lowest BCUT2D eigenvalue weighted by Crippen LogP contribution is -2.45. The van der Waals surface area contributed by atoms with E-state index in [4.69, 9.17) is 18.9 Å². The van der Waals surface area contributed by atoms with E-state index in [-0.39, 0.29) is 18.7 Å². The SMILES string of the molecule is COC(=O)C1C[C@]2(C=Cc3c(c(C=O)nc4ccc(OC)cc34)O2)CN1C(=O)OC(C)(C)C. The number of ether oxygens (including phenoxy) is 4. The van der Waals surface area contributed by atoms with Gasteiger partial charge in [-0.05, 0) is 45.0 Å². The van der Waals surface area contributed by atoms with E-state index in [1.165, 1.54) is 12.0 Å². The van der Waals surface area contributed by atoms with Crippen molar-refractivity contribution >= 4 is 35.3 Å². The first kappa shape index (κ1) is 22.6. The van der Waals surface area contributed by atoms with Crippen molar-refractivity contribution in [1.82, 2.24) is 9.88 Å². The number of carbonyl (C=O) groups is 3. The zero-order valence-corrected chi connectivity index (χ0v) is 19.2. The van der Waals surface area contributed by atoms with E-state index in [2.05, 4.69) is 4.98 Å². The molecule has 1 unspecified atom stereocenters. The van der Waals surface area contributed by atoms with Gasteiger partial charge in [-0.1, -0.05) is 6.08 Å². The Balaban J connectivity index is 1.76.